The predicted molar refractivity (Wildman–Crippen MR) is 102 cm³/mol. The van der Waals surface area contributed by atoms with E-state index in [1.54, 1.807) is 30.2 Å². The molecule has 27 heavy (non-hydrogen) atoms. The fourth-order valence-electron chi connectivity index (χ4n) is 2.68. The first kappa shape index (κ1) is 20.4. The van der Waals surface area contributed by atoms with Crippen molar-refractivity contribution in [2.24, 2.45) is 0 Å². The minimum Gasteiger partial charge on any atom is -0.497 e. The van der Waals surface area contributed by atoms with Crippen LogP contribution in [-0.4, -0.2) is 36.9 Å². The molecule has 1 N–H and O–H groups in total. The lowest BCUT2D eigenvalue weighted by atomic mass is 10.1. The number of nitrogens with zero attached hydrogens (tertiary/aromatic N) is 1. The lowest BCUT2D eigenvalue weighted by Gasteiger charge is -2.21. The van der Waals surface area contributed by atoms with E-state index in [2.05, 4.69) is 5.32 Å². The molecule has 144 valence electrons. The van der Waals surface area contributed by atoms with Crippen molar-refractivity contribution in [3.8, 4) is 5.75 Å². The number of ether oxygens (including phenoxy) is 1. The van der Waals surface area contributed by atoms with Crippen LogP contribution in [-0.2, 0) is 22.6 Å². The van der Waals surface area contributed by atoms with Crippen LogP contribution in [0.25, 0.3) is 0 Å². The lowest BCUT2D eigenvalue weighted by Crippen LogP contribution is -2.35. The number of hydrogen-bond donors (Lipinski definition) is 1. The fraction of sp³-hybridized carbons (Fsp3) is 0.333. The van der Waals surface area contributed by atoms with Gasteiger partial charge in [0.15, 0.2) is 0 Å². The Morgan fingerprint density at radius 2 is 1.89 bits per heavy atom. The highest BCUT2D eigenvalue weighted by molar-refractivity contribution is 5.78. The molecule has 2 amide bonds. The monoisotopic (exact) mass is 372 g/mol. The van der Waals surface area contributed by atoms with E-state index in [0.29, 0.717) is 25.1 Å². The van der Waals surface area contributed by atoms with E-state index in [1.165, 1.54) is 13.0 Å². The molecular weight excluding hydrogens is 347 g/mol. The fourth-order valence-corrected chi connectivity index (χ4v) is 2.68. The van der Waals surface area contributed by atoms with Gasteiger partial charge in [0.05, 0.1) is 7.11 Å². The first-order valence-electron chi connectivity index (χ1n) is 8.88. The van der Waals surface area contributed by atoms with Crippen LogP contribution in [0.2, 0.25) is 0 Å². The summed E-state index contributed by atoms with van der Waals surface area (Å²) in [7, 11) is 1.61. The van der Waals surface area contributed by atoms with E-state index in [4.69, 9.17) is 4.74 Å². The van der Waals surface area contributed by atoms with Crippen molar-refractivity contribution in [1.29, 1.82) is 0 Å². The number of carbonyl (C=O) groups excluding carboxylic acids is 2. The zero-order valence-electron chi connectivity index (χ0n) is 15.7. The number of carbonyl (C=O) groups is 2. The molecule has 0 saturated carbocycles. The zero-order chi connectivity index (χ0) is 19.6. The summed E-state index contributed by atoms with van der Waals surface area (Å²) in [5.41, 5.74) is 1.50. The molecule has 0 aliphatic rings. The van der Waals surface area contributed by atoms with Gasteiger partial charge in [-0.1, -0.05) is 30.3 Å². The van der Waals surface area contributed by atoms with Crippen molar-refractivity contribution in [3.63, 3.8) is 0 Å². The molecule has 0 aliphatic heterocycles. The molecule has 0 radical (unpaired) electrons. The molecule has 0 atom stereocenters. The Balaban J connectivity index is 1.80. The lowest BCUT2D eigenvalue weighted by molar-refractivity contribution is -0.129. The van der Waals surface area contributed by atoms with E-state index in [0.717, 1.165) is 11.3 Å². The maximum absolute atomic E-state index is 13.6. The summed E-state index contributed by atoms with van der Waals surface area (Å²) in [6.45, 7) is 2.46. The average molecular weight is 372 g/mol. The molecular formula is C21H25FN2O3. The maximum Gasteiger partial charge on any atom is 0.222 e. The summed E-state index contributed by atoms with van der Waals surface area (Å²) < 4.78 is 18.8. The van der Waals surface area contributed by atoms with Crippen molar-refractivity contribution in [1.82, 2.24) is 10.2 Å². The van der Waals surface area contributed by atoms with Crippen LogP contribution in [0.4, 0.5) is 4.39 Å². The predicted octanol–water partition coefficient (Wildman–Crippen LogP) is 2.93. The van der Waals surface area contributed by atoms with Crippen LogP contribution in [0, 0.1) is 5.82 Å². The molecule has 0 heterocycles. The summed E-state index contributed by atoms with van der Waals surface area (Å²) in [6, 6.07) is 14.0. The van der Waals surface area contributed by atoms with Crippen LogP contribution in [0.3, 0.4) is 0 Å². The van der Waals surface area contributed by atoms with E-state index >= 15 is 0 Å². The maximum atomic E-state index is 13.6. The van der Waals surface area contributed by atoms with Gasteiger partial charge in [0.25, 0.3) is 0 Å². The third kappa shape index (κ3) is 6.73. The minimum absolute atomic E-state index is 0.0835. The number of rotatable bonds is 9. The Morgan fingerprint density at radius 3 is 2.59 bits per heavy atom. The summed E-state index contributed by atoms with van der Waals surface area (Å²) in [4.78, 5) is 25.5. The van der Waals surface area contributed by atoms with Crippen LogP contribution in [0.1, 0.15) is 24.5 Å². The smallest absolute Gasteiger partial charge is 0.222 e. The normalized spacial score (nSPS) is 10.3. The Hall–Kier alpha value is -2.89. The second-order valence-electron chi connectivity index (χ2n) is 6.23. The van der Waals surface area contributed by atoms with Gasteiger partial charge in [-0.2, -0.15) is 0 Å². The van der Waals surface area contributed by atoms with Crippen molar-refractivity contribution < 1.29 is 18.7 Å². The van der Waals surface area contributed by atoms with Gasteiger partial charge in [-0.3, -0.25) is 9.59 Å². The Bertz CT molecular complexity index is 780. The molecule has 2 rings (SSSR count). The summed E-state index contributed by atoms with van der Waals surface area (Å²) in [5.74, 6) is 0.126. The largest absolute Gasteiger partial charge is 0.497 e. The summed E-state index contributed by atoms with van der Waals surface area (Å²) >= 11 is 0. The molecule has 0 aromatic heterocycles. The highest BCUT2D eigenvalue weighted by Crippen LogP contribution is 2.13. The quantitative estimate of drug-likeness (QED) is 0.736. The number of halogens is 1. The Morgan fingerprint density at radius 1 is 1.11 bits per heavy atom. The molecule has 0 spiro atoms. The highest BCUT2D eigenvalue weighted by atomic mass is 19.1. The Kier molecular flexibility index (Phi) is 7.79. The Labute approximate surface area is 159 Å². The average Bonchev–Trinajstić information content (AvgIpc) is 2.67. The second-order valence-corrected chi connectivity index (χ2v) is 6.23. The number of hydrogen-bond acceptors (Lipinski definition) is 3. The molecule has 5 nitrogen and oxygen atoms in total. The number of benzene rings is 2. The number of methoxy groups -OCH3 is 1. The molecule has 2 aromatic carbocycles. The van der Waals surface area contributed by atoms with E-state index in [-0.39, 0.29) is 30.6 Å². The van der Waals surface area contributed by atoms with Crippen LogP contribution in [0.15, 0.2) is 48.5 Å². The second kappa shape index (κ2) is 10.3. The third-order valence-electron chi connectivity index (χ3n) is 4.29. The van der Waals surface area contributed by atoms with Crippen molar-refractivity contribution in [3.05, 3.63) is 65.5 Å². The van der Waals surface area contributed by atoms with E-state index < -0.39 is 0 Å². The van der Waals surface area contributed by atoms with Crippen molar-refractivity contribution in [2.75, 3.05) is 20.2 Å². The highest BCUT2D eigenvalue weighted by Gasteiger charge is 2.12. The molecule has 0 fully saturated rings. The molecule has 0 bridgehead atoms. The summed E-state index contributed by atoms with van der Waals surface area (Å²) in [5, 5.41) is 2.69. The zero-order valence-corrected chi connectivity index (χ0v) is 15.7. The van der Waals surface area contributed by atoms with Gasteiger partial charge in [-0.15, -0.1) is 0 Å². The summed E-state index contributed by atoms with van der Waals surface area (Å²) in [6.07, 6.45) is 0.847. The van der Waals surface area contributed by atoms with Crippen LogP contribution in [0.5, 0.6) is 5.75 Å². The number of amides is 2. The first-order chi connectivity index (χ1) is 13.0. The van der Waals surface area contributed by atoms with Crippen LogP contribution < -0.4 is 10.1 Å². The molecule has 0 unspecified atom stereocenters. The minimum atomic E-state index is -0.346. The topological polar surface area (TPSA) is 58.6 Å². The van der Waals surface area contributed by atoms with Gasteiger partial charge in [0.2, 0.25) is 11.8 Å². The SMILES string of the molecule is COc1cccc(CCN(CCC(=O)NCc2ccccc2F)C(C)=O)c1. The van der Waals surface area contributed by atoms with Gasteiger partial charge < -0.3 is 15.0 Å². The van der Waals surface area contributed by atoms with Crippen molar-refractivity contribution >= 4 is 11.8 Å². The van der Waals surface area contributed by atoms with Crippen molar-refractivity contribution in [2.45, 2.75) is 26.3 Å². The third-order valence-corrected chi connectivity index (χ3v) is 4.29. The van der Waals surface area contributed by atoms with E-state index in [1.807, 2.05) is 24.3 Å². The molecule has 2 aromatic rings. The van der Waals surface area contributed by atoms with E-state index in [9.17, 15) is 14.0 Å². The molecule has 6 heteroatoms. The molecule has 0 saturated heterocycles. The standard InChI is InChI=1S/C21H25FN2O3/c1-16(25)24(12-10-17-6-5-8-19(14-17)27-2)13-11-21(26)23-15-18-7-3-4-9-20(18)22/h3-9,14H,10-13,15H2,1-2H3,(H,23,26). The molecule has 0 aliphatic carbocycles. The van der Waals surface area contributed by atoms with Gasteiger partial charge in [-0.25, -0.2) is 4.39 Å². The van der Waals surface area contributed by atoms with Gasteiger partial charge >= 0.3 is 0 Å². The van der Waals surface area contributed by atoms with Gasteiger partial charge in [0.1, 0.15) is 11.6 Å². The first-order valence-corrected chi connectivity index (χ1v) is 8.88. The van der Waals surface area contributed by atoms with Crippen LogP contribution >= 0.6 is 0 Å². The van der Waals surface area contributed by atoms with Gasteiger partial charge in [0, 0.05) is 38.5 Å². The number of nitrogens with one attached hydrogen (secondary N) is 1. The van der Waals surface area contributed by atoms with Gasteiger partial charge in [-0.05, 0) is 30.2 Å².